The van der Waals surface area contributed by atoms with Crippen LogP contribution in [-0.4, -0.2) is 64.3 Å². The Hall–Kier alpha value is -3.04. The van der Waals surface area contributed by atoms with E-state index in [9.17, 15) is 9.90 Å². The number of hydrogen-bond acceptors (Lipinski definition) is 9. The van der Waals surface area contributed by atoms with E-state index >= 15 is 0 Å². The molecule has 4 heterocycles. The number of nitrogens with one attached hydrogen (secondary N) is 2. The van der Waals surface area contributed by atoms with Crippen molar-refractivity contribution >= 4 is 34.6 Å². The summed E-state index contributed by atoms with van der Waals surface area (Å²) in [6.45, 7) is 7.26. The number of ketones is 1. The predicted octanol–water partition coefficient (Wildman–Crippen LogP) is 2.47. The average Bonchev–Trinajstić information content (AvgIpc) is 3.34. The molecule has 0 spiro atoms. The molecule has 3 aliphatic rings. The molecule has 0 amide bonds. The molecule has 1 aliphatic carbocycles. The summed E-state index contributed by atoms with van der Waals surface area (Å²) < 4.78 is 0. The fraction of sp³-hybridized carbons (Fsp3) is 0.500. The first kappa shape index (κ1) is 21.8. The fourth-order valence-corrected chi connectivity index (χ4v) is 5.17. The number of fused-ring (bicyclic) bond motifs is 1. The highest BCUT2D eigenvalue weighted by molar-refractivity contribution is 6.04. The van der Waals surface area contributed by atoms with Gasteiger partial charge in [0.1, 0.15) is 11.6 Å². The first-order chi connectivity index (χ1) is 16.0. The summed E-state index contributed by atoms with van der Waals surface area (Å²) in [6, 6.07) is 4.14. The molecule has 1 saturated carbocycles. The zero-order chi connectivity index (χ0) is 22.9. The average molecular weight is 450 g/mol. The van der Waals surface area contributed by atoms with E-state index in [2.05, 4.69) is 31.6 Å². The maximum atomic E-state index is 12.3. The Labute approximate surface area is 193 Å². The van der Waals surface area contributed by atoms with Crippen LogP contribution < -0.4 is 20.4 Å². The van der Waals surface area contributed by atoms with Gasteiger partial charge in [0, 0.05) is 49.6 Å². The second-order valence-electron chi connectivity index (χ2n) is 9.01. The fourth-order valence-electron chi connectivity index (χ4n) is 5.17. The van der Waals surface area contributed by atoms with Gasteiger partial charge in [0.15, 0.2) is 12.0 Å². The summed E-state index contributed by atoms with van der Waals surface area (Å²) in [5.74, 6) is 1.64. The number of rotatable bonds is 5. The minimum absolute atomic E-state index is 0.121. The van der Waals surface area contributed by atoms with Gasteiger partial charge >= 0.3 is 0 Å². The molecule has 2 aromatic heterocycles. The van der Waals surface area contributed by atoms with Gasteiger partial charge < -0.3 is 25.5 Å². The number of pyridine rings is 1. The number of piperazine rings is 1. The first-order valence-electron chi connectivity index (χ1n) is 11.8. The van der Waals surface area contributed by atoms with Crippen LogP contribution in [0.1, 0.15) is 45.1 Å². The van der Waals surface area contributed by atoms with Crippen LogP contribution in [0.15, 0.2) is 30.1 Å². The van der Waals surface area contributed by atoms with E-state index in [1.54, 1.807) is 6.20 Å². The van der Waals surface area contributed by atoms with Crippen molar-refractivity contribution in [3.8, 4) is 0 Å². The normalized spacial score (nSPS) is 21.4. The molecule has 0 aromatic carbocycles. The molecule has 33 heavy (non-hydrogen) atoms. The first-order valence-corrected chi connectivity index (χ1v) is 11.8. The van der Waals surface area contributed by atoms with Crippen molar-refractivity contribution in [2.45, 2.75) is 51.8 Å². The van der Waals surface area contributed by atoms with Gasteiger partial charge in [0.2, 0.25) is 5.95 Å². The van der Waals surface area contributed by atoms with Gasteiger partial charge in [0.25, 0.3) is 0 Å². The number of nitrogens with zero attached hydrogens (tertiary/aromatic N) is 5. The molecule has 2 aromatic rings. The maximum Gasteiger partial charge on any atom is 0.230 e. The lowest BCUT2D eigenvalue weighted by atomic mass is 9.93. The van der Waals surface area contributed by atoms with Crippen LogP contribution in [0.3, 0.4) is 0 Å². The second kappa shape index (κ2) is 9.07. The lowest BCUT2D eigenvalue weighted by Gasteiger charge is -2.40. The van der Waals surface area contributed by atoms with Crippen LogP contribution >= 0.6 is 0 Å². The van der Waals surface area contributed by atoms with E-state index in [-0.39, 0.29) is 11.8 Å². The number of allylic oxidation sites excluding steroid dienone is 1. The molecule has 1 atom stereocenters. The predicted molar refractivity (Wildman–Crippen MR) is 129 cm³/mol. The van der Waals surface area contributed by atoms with E-state index < -0.39 is 6.23 Å². The number of anilines is 4. The third-order valence-corrected chi connectivity index (χ3v) is 6.91. The number of aromatic nitrogens is 3. The molecule has 1 unspecified atom stereocenters. The monoisotopic (exact) mass is 449 g/mol. The van der Waals surface area contributed by atoms with E-state index in [0.29, 0.717) is 23.2 Å². The molecular formula is C24H31N7O2. The molecule has 9 heteroatoms. The van der Waals surface area contributed by atoms with E-state index in [1.807, 2.05) is 24.1 Å². The Morgan fingerprint density at radius 1 is 1.15 bits per heavy atom. The molecule has 0 bridgehead atoms. The van der Waals surface area contributed by atoms with Gasteiger partial charge in [-0.1, -0.05) is 12.8 Å². The van der Waals surface area contributed by atoms with Crippen LogP contribution in [0.4, 0.5) is 23.3 Å². The van der Waals surface area contributed by atoms with Crippen molar-refractivity contribution in [1.29, 1.82) is 0 Å². The Balaban J connectivity index is 1.43. The van der Waals surface area contributed by atoms with E-state index in [1.165, 1.54) is 6.92 Å². The molecule has 5 rings (SSSR count). The van der Waals surface area contributed by atoms with Crippen molar-refractivity contribution in [3.05, 3.63) is 35.7 Å². The van der Waals surface area contributed by atoms with Gasteiger partial charge in [-0.2, -0.15) is 4.98 Å². The highest BCUT2D eigenvalue weighted by atomic mass is 16.3. The third-order valence-electron chi connectivity index (χ3n) is 6.91. The number of hydrogen-bond donors (Lipinski definition) is 3. The second-order valence-corrected chi connectivity index (χ2v) is 9.01. The number of Topliss-reactive ketones (excluding diaryl/α,β-unsaturated/α-hetero) is 1. The summed E-state index contributed by atoms with van der Waals surface area (Å²) in [4.78, 5) is 30.4. The van der Waals surface area contributed by atoms with Gasteiger partial charge in [-0.15, -0.1) is 0 Å². The van der Waals surface area contributed by atoms with Gasteiger partial charge in [-0.3, -0.25) is 4.79 Å². The standard InChI is InChI=1S/C24H31N7O2/c1-15-19-14-27-24(28-20-8-7-18(13-26-20)30-11-9-25-10-12-30)29-22(19)31(17-5-3-4-6-17)23(33)21(15)16(2)32/h7-8,13-14,17,23,25,33H,3-6,9-12H2,1-2H3,(H,26,27,28,29). The van der Waals surface area contributed by atoms with Crippen LogP contribution in [0.5, 0.6) is 0 Å². The summed E-state index contributed by atoms with van der Waals surface area (Å²) in [5, 5.41) is 17.7. The zero-order valence-corrected chi connectivity index (χ0v) is 19.2. The number of aliphatic hydroxyl groups is 1. The van der Waals surface area contributed by atoms with Gasteiger partial charge in [-0.25, -0.2) is 9.97 Å². The van der Waals surface area contributed by atoms with Crippen molar-refractivity contribution in [2.75, 3.05) is 41.3 Å². The largest absolute Gasteiger partial charge is 0.369 e. The summed E-state index contributed by atoms with van der Waals surface area (Å²) in [7, 11) is 0. The molecule has 9 nitrogen and oxygen atoms in total. The van der Waals surface area contributed by atoms with Crippen LogP contribution in [0, 0.1) is 0 Å². The van der Waals surface area contributed by atoms with Crippen LogP contribution in [0.25, 0.3) is 5.57 Å². The zero-order valence-electron chi connectivity index (χ0n) is 19.2. The van der Waals surface area contributed by atoms with Crippen LogP contribution in [0.2, 0.25) is 0 Å². The molecule has 2 aliphatic heterocycles. The molecule has 0 radical (unpaired) electrons. The third kappa shape index (κ3) is 4.18. The number of carbonyl (C=O) groups is 1. The Bertz CT molecular complexity index is 1060. The van der Waals surface area contributed by atoms with E-state index in [0.717, 1.165) is 68.7 Å². The smallest absolute Gasteiger partial charge is 0.230 e. The summed E-state index contributed by atoms with van der Waals surface area (Å²) >= 11 is 0. The van der Waals surface area contributed by atoms with Crippen molar-refractivity contribution in [1.82, 2.24) is 20.3 Å². The van der Waals surface area contributed by atoms with Gasteiger partial charge in [0.05, 0.1) is 11.9 Å². The SMILES string of the molecule is CC(=O)C1=C(C)c2cnc(Nc3ccc(N4CCNCC4)cn3)nc2N(C2CCCC2)C1O. The topological polar surface area (TPSA) is 107 Å². The van der Waals surface area contributed by atoms with Crippen molar-refractivity contribution < 1.29 is 9.90 Å². The molecular weight excluding hydrogens is 418 g/mol. The summed E-state index contributed by atoms with van der Waals surface area (Å²) in [5.41, 5.74) is 3.07. The molecule has 174 valence electrons. The molecule has 1 saturated heterocycles. The van der Waals surface area contributed by atoms with Crippen molar-refractivity contribution in [3.63, 3.8) is 0 Å². The lowest BCUT2D eigenvalue weighted by Crippen LogP contribution is -2.47. The Morgan fingerprint density at radius 2 is 1.91 bits per heavy atom. The Morgan fingerprint density at radius 3 is 2.58 bits per heavy atom. The minimum Gasteiger partial charge on any atom is -0.369 e. The van der Waals surface area contributed by atoms with Crippen molar-refractivity contribution in [2.24, 2.45) is 0 Å². The highest BCUT2D eigenvalue weighted by Gasteiger charge is 2.38. The van der Waals surface area contributed by atoms with Gasteiger partial charge in [-0.05, 0) is 44.4 Å². The molecule has 3 N–H and O–H groups in total. The minimum atomic E-state index is -0.989. The van der Waals surface area contributed by atoms with E-state index in [4.69, 9.17) is 4.98 Å². The summed E-state index contributed by atoms with van der Waals surface area (Å²) in [6.07, 6.45) is 6.79. The highest BCUT2D eigenvalue weighted by Crippen LogP contribution is 2.40. The Kier molecular flexibility index (Phi) is 5.99. The number of aliphatic hydroxyl groups excluding tert-OH is 1. The molecule has 2 fully saturated rings. The quantitative estimate of drug-likeness (QED) is 0.635. The van der Waals surface area contributed by atoms with Crippen LogP contribution in [-0.2, 0) is 4.79 Å². The number of carbonyl (C=O) groups excluding carboxylic acids is 1. The lowest BCUT2D eigenvalue weighted by molar-refractivity contribution is -0.114. The maximum absolute atomic E-state index is 12.3.